The van der Waals surface area contributed by atoms with Crippen LogP contribution < -0.4 is 15.1 Å². The lowest BCUT2D eigenvalue weighted by Crippen LogP contribution is -2.38. The van der Waals surface area contributed by atoms with Gasteiger partial charge < -0.3 is 20.0 Å². The lowest BCUT2D eigenvalue weighted by Gasteiger charge is -2.29. The maximum atomic E-state index is 4.62. The fourth-order valence-corrected chi connectivity index (χ4v) is 4.21. The lowest BCUT2D eigenvalue weighted by molar-refractivity contribution is 0.476. The van der Waals surface area contributed by atoms with Gasteiger partial charge in [0.1, 0.15) is 0 Å². The van der Waals surface area contributed by atoms with E-state index < -0.39 is 0 Å². The van der Waals surface area contributed by atoms with Gasteiger partial charge in [-0.1, -0.05) is 12.1 Å². The van der Waals surface area contributed by atoms with Crippen LogP contribution in [0.3, 0.4) is 0 Å². The Kier molecular flexibility index (Phi) is 9.48. The predicted octanol–water partition coefficient (Wildman–Crippen LogP) is 4.02. The van der Waals surface area contributed by atoms with Crippen LogP contribution in [0.2, 0.25) is 0 Å². The molecule has 1 aromatic heterocycles. The number of aliphatic imine (C=N–C) groups is 1. The summed E-state index contributed by atoms with van der Waals surface area (Å²) in [6.45, 7) is 3.86. The first-order valence-corrected chi connectivity index (χ1v) is 10.8. The molecule has 1 N–H and O–H groups in total. The Hall–Kier alpha value is -1.55. The second-order valence-corrected chi connectivity index (χ2v) is 8.32. The van der Waals surface area contributed by atoms with E-state index in [4.69, 9.17) is 0 Å². The van der Waals surface area contributed by atoms with Gasteiger partial charge in [-0.25, -0.2) is 4.98 Å². The number of benzene rings is 1. The van der Waals surface area contributed by atoms with E-state index in [2.05, 4.69) is 61.8 Å². The molecule has 3 rings (SSSR count). The molecule has 160 valence electrons. The van der Waals surface area contributed by atoms with Crippen molar-refractivity contribution >= 4 is 52.1 Å². The van der Waals surface area contributed by atoms with Gasteiger partial charge in [-0.05, 0) is 37.0 Å². The highest BCUT2D eigenvalue weighted by Gasteiger charge is 2.12. The largest absolute Gasteiger partial charge is 0.372 e. The molecular weight excluding hydrogens is 495 g/mol. The fraction of sp³-hybridized carbons (Fsp3) is 0.524. The van der Waals surface area contributed by atoms with E-state index in [1.807, 2.05) is 26.0 Å². The Labute approximate surface area is 196 Å². The lowest BCUT2D eigenvalue weighted by atomic mass is 10.1. The van der Waals surface area contributed by atoms with Crippen LogP contribution in [0.1, 0.15) is 30.5 Å². The molecule has 1 saturated heterocycles. The van der Waals surface area contributed by atoms with E-state index in [1.54, 1.807) is 11.3 Å². The van der Waals surface area contributed by atoms with Crippen molar-refractivity contribution in [2.45, 2.75) is 32.4 Å². The van der Waals surface area contributed by atoms with Crippen LogP contribution in [-0.4, -0.2) is 57.1 Å². The number of anilines is 2. The molecular formula is C21H33IN6S. The van der Waals surface area contributed by atoms with Crippen molar-refractivity contribution in [1.29, 1.82) is 0 Å². The zero-order valence-corrected chi connectivity index (χ0v) is 21.0. The fourth-order valence-electron chi connectivity index (χ4n) is 3.45. The molecule has 1 aliphatic heterocycles. The van der Waals surface area contributed by atoms with Gasteiger partial charge in [0.15, 0.2) is 11.1 Å². The van der Waals surface area contributed by atoms with Crippen molar-refractivity contribution in [1.82, 2.24) is 15.2 Å². The molecule has 29 heavy (non-hydrogen) atoms. The smallest absolute Gasteiger partial charge is 0.194 e. The van der Waals surface area contributed by atoms with Gasteiger partial charge >= 0.3 is 0 Å². The minimum atomic E-state index is 0. The average molecular weight is 529 g/mol. The van der Waals surface area contributed by atoms with E-state index in [1.165, 1.54) is 43.6 Å². The summed E-state index contributed by atoms with van der Waals surface area (Å²) >= 11 is 1.66. The van der Waals surface area contributed by atoms with Crippen molar-refractivity contribution in [2.75, 3.05) is 51.1 Å². The molecule has 8 heteroatoms. The molecule has 0 aliphatic carbocycles. The van der Waals surface area contributed by atoms with Gasteiger partial charge in [-0.3, -0.25) is 4.99 Å². The quantitative estimate of drug-likeness (QED) is 0.349. The highest BCUT2D eigenvalue weighted by atomic mass is 127. The highest BCUT2D eigenvalue weighted by molar-refractivity contribution is 14.0. The molecule has 0 bridgehead atoms. The van der Waals surface area contributed by atoms with Gasteiger partial charge in [0.05, 0.1) is 12.2 Å². The van der Waals surface area contributed by atoms with Crippen LogP contribution in [0.4, 0.5) is 10.8 Å². The third kappa shape index (κ3) is 6.74. The number of nitrogens with zero attached hydrogens (tertiary/aromatic N) is 5. The van der Waals surface area contributed by atoms with Crippen LogP contribution in [0.15, 0.2) is 34.6 Å². The average Bonchev–Trinajstić information content (AvgIpc) is 3.19. The molecule has 0 unspecified atom stereocenters. The molecule has 0 radical (unpaired) electrons. The number of hydrogen-bond acceptors (Lipinski definition) is 5. The van der Waals surface area contributed by atoms with Gasteiger partial charge in [0.2, 0.25) is 0 Å². The summed E-state index contributed by atoms with van der Waals surface area (Å²) in [5.74, 6) is 0.875. The normalized spacial score (nSPS) is 14.3. The molecule has 1 fully saturated rings. The standard InChI is InChI=1S/C21H32N6S.HI/c1-22-20(23-14-18-16-28-21(24-18)25(2)3)26(4)15-17-8-10-19(11-9-17)27-12-6-5-7-13-27;/h8-11,16H,5-7,12-15H2,1-4H3,(H,22,23);1H. The van der Waals surface area contributed by atoms with Gasteiger partial charge in [-0.15, -0.1) is 35.3 Å². The molecule has 1 aliphatic rings. The van der Waals surface area contributed by atoms with E-state index in [9.17, 15) is 0 Å². The SMILES string of the molecule is CN=C(NCc1csc(N(C)C)n1)N(C)Cc1ccc(N2CCCCC2)cc1.I. The third-order valence-corrected chi connectivity index (χ3v) is 6.06. The topological polar surface area (TPSA) is 47.0 Å². The number of rotatable bonds is 6. The number of piperidine rings is 1. The van der Waals surface area contributed by atoms with Crippen molar-refractivity contribution in [3.05, 3.63) is 40.9 Å². The molecule has 1 aromatic carbocycles. The summed E-state index contributed by atoms with van der Waals surface area (Å²) in [6, 6.07) is 8.97. The van der Waals surface area contributed by atoms with Crippen LogP contribution in [0, 0.1) is 0 Å². The second-order valence-electron chi connectivity index (χ2n) is 7.49. The summed E-state index contributed by atoms with van der Waals surface area (Å²) in [5, 5.41) is 6.53. The number of halogens is 1. The Morgan fingerprint density at radius 2 is 1.83 bits per heavy atom. The van der Waals surface area contributed by atoms with E-state index in [0.29, 0.717) is 6.54 Å². The zero-order valence-electron chi connectivity index (χ0n) is 17.9. The highest BCUT2D eigenvalue weighted by Crippen LogP contribution is 2.21. The Morgan fingerprint density at radius 1 is 1.14 bits per heavy atom. The first-order chi connectivity index (χ1) is 13.6. The molecule has 0 amide bonds. The number of aromatic nitrogens is 1. The van der Waals surface area contributed by atoms with Crippen molar-refractivity contribution < 1.29 is 0 Å². The number of thiazole rings is 1. The van der Waals surface area contributed by atoms with Crippen LogP contribution in [0.25, 0.3) is 0 Å². The van der Waals surface area contributed by atoms with Crippen molar-refractivity contribution in [3.8, 4) is 0 Å². The molecule has 0 saturated carbocycles. The monoisotopic (exact) mass is 528 g/mol. The molecule has 6 nitrogen and oxygen atoms in total. The zero-order chi connectivity index (χ0) is 19.9. The summed E-state index contributed by atoms with van der Waals surface area (Å²) in [4.78, 5) is 15.7. The maximum absolute atomic E-state index is 4.62. The van der Waals surface area contributed by atoms with E-state index >= 15 is 0 Å². The van der Waals surface area contributed by atoms with E-state index in [-0.39, 0.29) is 24.0 Å². The Bertz CT molecular complexity index is 768. The first-order valence-electron chi connectivity index (χ1n) is 9.94. The van der Waals surface area contributed by atoms with Crippen LogP contribution in [0.5, 0.6) is 0 Å². The van der Waals surface area contributed by atoms with Crippen molar-refractivity contribution in [2.24, 2.45) is 4.99 Å². The van der Waals surface area contributed by atoms with Crippen LogP contribution in [-0.2, 0) is 13.1 Å². The summed E-state index contributed by atoms with van der Waals surface area (Å²) in [5.41, 5.74) is 3.66. The van der Waals surface area contributed by atoms with Gasteiger partial charge in [0, 0.05) is 58.9 Å². The molecule has 2 heterocycles. The molecule has 2 aromatic rings. The Balaban J connectivity index is 0.00000300. The van der Waals surface area contributed by atoms with Gasteiger partial charge in [-0.2, -0.15) is 0 Å². The van der Waals surface area contributed by atoms with Crippen LogP contribution >= 0.6 is 35.3 Å². The third-order valence-electron chi connectivity index (χ3n) is 5.00. The van der Waals surface area contributed by atoms with Gasteiger partial charge in [0.25, 0.3) is 0 Å². The molecule has 0 spiro atoms. The molecule has 0 atom stereocenters. The summed E-state index contributed by atoms with van der Waals surface area (Å²) in [7, 11) is 7.92. The summed E-state index contributed by atoms with van der Waals surface area (Å²) < 4.78 is 0. The maximum Gasteiger partial charge on any atom is 0.194 e. The Morgan fingerprint density at radius 3 is 2.41 bits per heavy atom. The second kappa shape index (κ2) is 11.6. The minimum absolute atomic E-state index is 0. The number of guanidine groups is 1. The van der Waals surface area contributed by atoms with Crippen molar-refractivity contribution in [3.63, 3.8) is 0 Å². The predicted molar refractivity (Wildman–Crippen MR) is 136 cm³/mol. The minimum Gasteiger partial charge on any atom is -0.372 e. The first kappa shape index (κ1) is 23.7. The number of nitrogens with one attached hydrogen (secondary N) is 1. The summed E-state index contributed by atoms with van der Waals surface area (Å²) in [6.07, 6.45) is 3.98. The van der Waals surface area contributed by atoms with E-state index in [0.717, 1.165) is 23.3 Å². The number of hydrogen-bond donors (Lipinski definition) is 1.